The number of rotatable bonds is 41. The minimum atomic E-state index is -0.758. The van der Waals surface area contributed by atoms with Crippen molar-refractivity contribution in [2.24, 2.45) is 5.92 Å². The fourth-order valence-electron chi connectivity index (χ4n) is 6.80. The molecule has 0 rings (SSSR count). The second kappa shape index (κ2) is 40.6. The van der Waals surface area contributed by atoms with Crippen LogP contribution in [0.25, 0.3) is 0 Å². The molecule has 0 fully saturated rings. The Morgan fingerprint density at radius 2 is 0.635 bits per heavy atom. The van der Waals surface area contributed by atoms with E-state index in [4.69, 9.17) is 14.2 Å². The Kier molecular flexibility index (Phi) is 39.4. The molecule has 1 atom stereocenters. The van der Waals surface area contributed by atoms with Gasteiger partial charge in [0.05, 0.1) is 0 Å². The average molecular weight is 737 g/mol. The summed E-state index contributed by atoms with van der Waals surface area (Å²) in [4.78, 5) is 37.4. The first-order chi connectivity index (χ1) is 25.4. The highest BCUT2D eigenvalue weighted by molar-refractivity contribution is 5.71. The third kappa shape index (κ3) is 39.6. The highest BCUT2D eigenvalue weighted by atomic mass is 16.6. The van der Waals surface area contributed by atoms with Gasteiger partial charge in [0.1, 0.15) is 13.2 Å². The van der Waals surface area contributed by atoms with E-state index >= 15 is 0 Å². The third-order valence-electron chi connectivity index (χ3n) is 10.3. The van der Waals surface area contributed by atoms with Crippen molar-refractivity contribution in [3.8, 4) is 0 Å². The molecule has 0 aliphatic carbocycles. The molecule has 52 heavy (non-hydrogen) atoms. The molecular formula is C46H88O6. The first-order valence-electron chi connectivity index (χ1n) is 22.9. The van der Waals surface area contributed by atoms with Crippen LogP contribution in [0.2, 0.25) is 0 Å². The fourth-order valence-corrected chi connectivity index (χ4v) is 6.80. The number of carbonyl (C=O) groups is 3. The van der Waals surface area contributed by atoms with Gasteiger partial charge in [0.25, 0.3) is 0 Å². The van der Waals surface area contributed by atoms with Gasteiger partial charge >= 0.3 is 17.9 Å². The van der Waals surface area contributed by atoms with Crippen molar-refractivity contribution in [2.45, 2.75) is 259 Å². The minimum Gasteiger partial charge on any atom is -0.462 e. The summed E-state index contributed by atoms with van der Waals surface area (Å²) in [6.45, 7) is 8.90. The Morgan fingerprint density at radius 3 is 0.942 bits per heavy atom. The molecular weight excluding hydrogens is 648 g/mol. The van der Waals surface area contributed by atoms with E-state index in [9.17, 15) is 14.4 Å². The minimum absolute atomic E-state index is 0.0653. The van der Waals surface area contributed by atoms with Gasteiger partial charge in [-0.2, -0.15) is 0 Å². The SMILES string of the molecule is CCCCCCCCCCCCCCCCCCCC(=O)O[C@@H](COC(=O)CCCCCCC)COC(=O)CCCCCCCCCCCC(C)C. The molecule has 6 nitrogen and oxygen atoms in total. The smallest absolute Gasteiger partial charge is 0.306 e. The molecule has 0 saturated carbocycles. The topological polar surface area (TPSA) is 78.9 Å². The number of carbonyl (C=O) groups excluding carboxylic acids is 3. The van der Waals surface area contributed by atoms with E-state index in [1.165, 1.54) is 141 Å². The van der Waals surface area contributed by atoms with Crippen LogP contribution in [0.4, 0.5) is 0 Å². The van der Waals surface area contributed by atoms with Gasteiger partial charge in [-0.15, -0.1) is 0 Å². The molecule has 308 valence electrons. The van der Waals surface area contributed by atoms with Crippen LogP contribution in [0.15, 0.2) is 0 Å². The van der Waals surface area contributed by atoms with E-state index < -0.39 is 6.10 Å². The Morgan fingerprint density at radius 1 is 0.365 bits per heavy atom. The van der Waals surface area contributed by atoms with E-state index in [0.29, 0.717) is 19.3 Å². The molecule has 6 heteroatoms. The van der Waals surface area contributed by atoms with Gasteiger partial charge < -0.3 is 14.2 Å². The van der Waals surface area contributed by atoms with Crippen LogP contribution in [-0.2, 0) is 28.6 Å². The van der Waals surface area contributed by atoms with Crippen LogP contribution in [-0.4, -0.2) is 37.2 Å². The van der Waals surface area contributed by atoms with Gasteiger partial charge in [0, 0.05) is 19.3 Å². The summed E-state index contributed by atoms with van der Waals surface area (Å²) in [6.07, 6.45) is 39.8. The lowest BCUT2D eigenvalue weighted by Gasteiger charge is -2.18. The zero-order valence-electron chi connectivity index (χ0n) is 35.3. The maximum atomic E-state index is 12.7. The van der Waals surface area contributed by atoms with Crippen molar-refractivity contribution in [1.82, 2.24) is 0 Å². The number of unbranched alkanes of at least 4 members (excludes halogenated alkanes) is 28. The number of ether oxygens (including phenoxy) is 3. The lowest BCUT2D eigenvalue weighted by Crippen LogP contribution is -2.30. The molecule has 0 bridgehead atoms. The van der Waals surface area contributed by atoms with Gasteiger partial charge in [-0.05, 0) is 25.2 Å². The Labute approximate surface area is 323 Å². The van der Waals surface area contributed by atoms with Gasteiger partial charge in [-0.3, -0.25) is 14.4 Å². The predicted molar refractivity (Wildman–Crippen MR) is 220 cm³/mol. The standard InChI is InChI=1S/C46H88O6/c1-5-7-9-11-12-13-14-15-16-17-18-19-20-23-27-31-35-39-46(49)52-43(40-50-44(47)37-33-28-10-8-6-2)41-51-45(48)38-34-30-26-24-21-22-25-29-32-36-42(3)4/h42-43H,5-41H2,1-4H3/t43-/m0/s1. The largest absolute Gasteiger partial charge is 0.462 e. The van der Waals surface area contributed by atoms with Crippen LogP contribution in [0.3, 0.4) is 0 Å². The summed E-state index contributed by atoms with van der Waals surface area (Å²) in [5, 5.41) is 0. The summed E-state index contributed by atoms with van der Waals surface area (Å²) < 4.78 is 16.6. The average Bonchev–Trinajstić information content (AvgIpc) is 3.12. The highest BCUT2D eigenvalue weighted by Crippen LogP contribution is 2.16. The van der Waals surface area contributed by atoms with Gasteiger partial charge in [-0.1, -0.05) is 214 Å². The Balaban J connectivity index is 4.16. The molecule has 0 aliphatic rings. The van der Waals surface area contributed by atoms with E-state index in [0.717, 1.165) is 70.1 Å². The summed E-state index contributed by atoms with van der Waals surface area (Å²) in [7, 11) is 0. The third-order valence-corrected chi connectivity index (χ3v) is 10.3. The lowest BCUT2D eigenvalue weighted by atomic mass is 10.0. The van der Waals surface area contributed by atoms with Crippen molar-refractivity contribution in [2.75, 3.05) is 13.2 Å². The molecule has 0 heterocycles. The summed E-state index contributed by atoms with van der Waals surface area (Å²) >= 11 is 0. The molecule has 0 aromatic heterocycles. The maximum Gasteiger partial charge on any atom is 0.306 e. The highest BCUT2D eigenvalue weighted by Gasteiger charge is 2.19. The molecule has 0 spiro atoms. The lowest BCUT2D eigenvalue weighted by molar-refractivity contribution is -0.167. The molecule has 0 saturated heterocycles. The Hall–Kier alpha value is -1.59. The van der Waals surface area contributed by atoms with E-state index in [-0.39, 0.29) is 31.1 Å². The van der Waals surface area contributed by atoms with Gasteiger partial charge in [0.15, 0.2) is 6.10 Å². The molecule has 0 aromatic carbocycles. The summed E-state index contributed by atoms with van der Waals surface area (Å²) in [6, 6.07) is 0. The molecule has 0 aliphatic heterocycles. The van der Waals surface area contributed by atoms with Gasteiger partial charge in [0.2, 0.25) is 0 Å². The van der Waals surface area contributed by atoms with Crippen LogP contribution < -0.4 is 0 Å². The number of hydrogen-bond donors (Lipinski definition) is 0. The van der Waals surface area contributed by atoms with Crippen LogP contribution in [0.1, 0.15) is 252 Å². The number of esters is 3. The van der Waals surface area contributed by atoms with Crippen LogP contribution in [0.5, 0.6) is 0 Å². The Bertz CT molecular complexity index is 781. The quantitative estimate of drug-likeness (QED) is 0.0353. The van der Waals surface area contributed by atoms with Gasteiger partial charge in [-0.25, -0.2) is 0 Å². The predicted octanol–water partition coefficient (Wildman–Crippen LogP) is 14.3. The summed E-state index contributed by atoms with van der Waals surface area (Å²) in [5.41, 5.74) is 0. The second-order valence-corrected chi connectivity index (χ2v) is 16.2. The monoisotopic (exact) mass is 737 g/mol. The second-order valence-electron chi connectivity index (χ2n) is 16.2. The van der Waals surface area contributed by atoms with Crippen molar-refractivity contribution in [3.05, 3.63) is 0 Å². The first-order valence-corrected chi connectivity index (χ1v) is 22.9. The first kappa shape index (κ1) is 50.4. The molecule has 0 radical (unpaired) electrons. The van der Waals surface area contributed by atoms with E-state index in [1.54, 1.807) is 0 Å². The van der Waals surface area contributed by atoms with Crippen LogP contribution >= 0.6 is 0 Å². The van der Waals surface area contributed by atoms with Crippen LogP contribution in [0, 0.1) is 5.92 Å². The zero-order valence-corrected chi connectivity index (χ0v) is 35.3. The number of hydrogen-bond acceptors (Lipinski definition) is 6. The fraction of sp³-hybridized carbons (Fsp3) is 0.935. The van der Waals surface area contributed by atoms with Crippen molar-refractivity contribution in [3.63, 3.8) is 0 Å². The molecule has 0 N–H and O–H groups in total. The van der Waals surface area contributed by atoms with E-state index in [2.05, 4.69) is 27.7 Å². The zero-order chi connectivity index (χ0) is 38.2. The van der Waals surface area contributed by atoms with Crippen molar-refractivity contribution < 1.29 is 28.6 Å². The van der Waals surface area contributed by atoms with Crippen molar-refractivity contribution >= 4 is 17.9 Å². The van der Waals surface area contributed by atoms with E-state index in [1.807, 2.05) is 0 Å². The maximum absolute atomic E-state index is 12.7. The molecule has 0 unspecified atom stereocenters. The van der Waals surface area contributed by atoms with Crippen molar-refractivity contribution in [1.29, 1.82) is 0 Å². The summed E-state index contributed by atoms with van der Waals surface area (Å²) in [5.74, 6) is -0.0601. The normalized spacial score (nSPS) is 11.9. The molecule has 0 aromatic rings. The molecule has 0 amide bonds.